The topological polar surface area (TPSA) is 50.8 Å². The zero-order chi connectivity index (χ0) is 13.9. The van der Waals surface area contributed by atoms with Crippen LogP contribution in [-0.4, -0.2) is 36.7 Å². The molecule has 108 valence electrons. The van der Waals surface area contributed by atoms with Crippen LogP contribution in [0.15, 0.2) is 18.2 Å². The molecule has 0 radical (unpaired) electrons. The summed E-state index contributed by atoms with van der Waals surface area (Å²) in [6.45, 7) is 4.78. The Kier molecular flexibility index (Phi) is 3.78. The molecule has 1 aromatic rings. The van der Waals surface area contributed by atoms with Gasteiger partial charge in [-0.15, -0.1) is 0 Å². The largest absolute Gasteiger partial charge is 0.454 e. The third kappa shape index (κ3) is 2.72. The second kappa shape index (κ2) is 5.71. The quantitative estimate of drug-likeness (QED) is 0.886. The van der Waals surface area contributed by atoms with Crippen molar-refractivity contribution >= 4 is 5.91 Å². The number of carbonyl (C=O) groups excluding carboxylic acids is 1. The molecule has 0 aromatic heterocycles. The monoisotopic (exact) mass is 276 g/mol. The van der Waals surface area contributed by atoms with Gasteiger partial charge in [0.1, 0.15) is 0 Å². The predicted octanol–water partition coefficient (Wildman–Crippen LogP) is 1.52. The zero-order valence-corrected chi connectivity index (χ0v) is 11.7. The van der Waals surface area contributed by atoms with Crippen LogP contribution in [0.4, 0.5) is 0 Å². The van der Waals surface area contributed by atoms with Crippen LogP contribution in [0.5, 0.6) is 11.5 Å². The van der Waals surface area contributed by atoms with E-state index in [0.29, 0.717) is 13.2 Å². The van der Waals surface area contributed by atoms with E-state index in [2.05, 4.69) is 12.2 Å². The second-order valence-corrected chi connectivity index (χ2v) is 5.38. The van der Waals surface area contributed by atoms with E-state index in [0.717, 1.165) is 43.1 Å². The molecular formula is C15H20N2O3. The summed E-state index contributed by atoms with van der Waals surface area (Å²) < 4.78 is 10.9. The Morgan fingerprint density at radius 1 is 1.40 bits per heavy atom. The van der Waals surface area contributed by atoms with Crippen molar-refractivity contribution in [3.63, 3.8) is 0 Å². The summed E-state index contributed by atoms with van der Waals surface area (Å²) >= 11 is 0. The van der Waals surface area contributed by atoms with Crippen molar-refractivity contribution in [2.45, 2.75) is 32.4 Å². The Balaban J connectivity index is 1.54. The van der Waals surface area contributed by atoms with E-state index in [-0.39, 0.29) is 11.9 Å². The van der Waals surface area contributed by atoms with Gasteiger partial charge in [0, 0.05) is 37.7 Å². The second-order valence-electron chi connectivity index (χ2n) is 5.38. The molecule has 3 rings (SSSR count). The molecule has 1 N–H and O–H groups in total. The summed E-state index contributed by atoms with van der Waals surface area (Å²) in [5.41, 5.74) is 1.10. The van der Waals surface area contributed by atoms with Crippen molar-refractivity contribution in [2.24, 2.45) is 0 Å². The number of amides is 1. The fraction of sp³-hybridized carbons (Fsp3) is 0.533. The standard InChI is InChI=1S/C15H20N2O3/c1-11(9-17-7-3-6-14(17)18)16-8-12-4-2-5-13-15(12)20-10-19-13/h2,4-5,11,16H,3,6-10H2,1H3. The van der Waals surface area contributed by atoms with Crippen molar-refractivity contribution in [2.75, 3.05) is 19.9 Å². The van der Waals surface area contributed by atoms with Crippen molar-refractivity contribution in [1.82, 2.24) is 10.2 Å². The summed E-state index contributed by atoms with van der Waals surface area (Å²) in [4.78, 5) is 13.5. The third-order valence-electron chi connectivity index (χ3n) is 3.78. The number of carbonyl (C=O) groups is 1. The number of ether oxygens (including phenoxy) is 2. The molecule has 0 spiro atoms. The Labute approximate surface area is 118 Å². The van der Waals surface area contributed by atoms with E-state index in [4.69, 9.17) is 9.47 Å². The highest BCUT2D eigenvalue weighted by Gasteiger charge is 2.22. The maximum atomic E-state index is 11.6. The molecule has 1 aromatic carbocycles. The number of hydrogen-bond acceptors (Lipinski definition) is 4. The van der Waals surface area contributed by atoms with Crippen LogP contribution >= 0.6 is 0 Å². The molecule has 2 aliphatic rings. The van der Waals surface area contributed by atoms with Crippen molar-refractivity contribution in [1.29, 1.82) is 0 Å². The molecular weight excluding hydrogens is 256 g/mol. The average molecular weight is 276 g/mol. The van der Waals surface area contributed by atoms with E-state index in [1.807, 2.05) is 23.1 Å². The SMILES string of the molecule is CC(CN1CCCC1=O)NCc1cccc2c1OCO2. The van der Waals surface area contributed by atoms with Crippen molar-refractivity contribution in [3.05, 3.63) is 23.8 Å². The molecule has 2 heterocycles. The molecule has 5 nitrogen and oxygen atoms in total. The van der Waals surface area contributed by atoms with Crippen molar-refractivity contribution < 1.29 is 14.3 Å². The van der Waals surface area contributed by atoms with Gasteiger partial charge in [-0.2, -0.15) is 0 Å². The lowest BCUT2D eigenvalue weighted by Crippen LogP contribution is -2.39. The van der Waals surface area contributed by atoms with Crippen LogP contribution in [0.1, 0.15) is 25.3 Å². The van der Waals surface area contributed by atoms with Crippen LogP contribution < -0.4 is 14.8 Å². The molecule has 0 saturated carbocycles. The van der Waals surface area contributed by atoms with Gasteiger partial charge in [0.2, 0.25) is 12.7 Å². The number of nitrogens with zero attached hydrogens (tertiary/aromatic N) is 1. The highest BCUT2D eigenvalue weighted by molar-refractivity contribution is 5.78. The molecule has 1 atom stereocenters. The minimum atomic E-state index is 0.259. The summed E-state index contributed by atoms with van der Waals surface area (Å²) in [6.07, 6.45) is 1.69. The fourth-order valence-corrected chi connectivity index (χ4v) is 2.71. The molecule has 5 heteroatoms. The Morgan fingerprint density at radius 3 is 3.10 bits per heavy atom. The van der Waals surface area contributed by atoms with E-state index in [1.165, 1.54) is 0 Å². The van der Waals surface area contributed by atoms with Gasteiger partial charge >= 0.3 is 0 Å². The van der Waals surface area contributed by atoms with Crippen LogP contribution in [0, 0.1) is 0 Å². The number of hydrogen-bond donors (Lipinski definition) is 1. The van der Waals surface area contributed by atoms with Gasteiger partial charge in [-0.3, -0.25) is 4.79 Å². The van der Waals surface area contributed by atoms with Crippen LogP contribution in [0.2, 0.25) is 0 Å². The highest BCUT2D eigenvalue weighted by Crippen LogP contribution is 2.35. The molecule has 1 amide bonds. The molecule has 0 aliphatic carbocycles. The summed E-state index contributed by atoms with van der Waals surface area (Å²) in [5, 5.41) is 3.45. The van der Waals surface area contributed by atoms with Gasteiger partial charge in [-0.25, -0.2) is 0 Å². The van der Waals surface area contributed by atoms with Gasteiger partial charge in [-0.1, -0.05) is 12.1 Å². The molecule has 1 unspecified atom stereocenters. The number of para-hydroxylation sites is 1. The minimum absolute atomic E-state index is 0.259. The van der Waals surface area contributed by atoms with Crippen LogP contribution in [0.3, 0.4) is 0 Å². The first kappa shape index (κ1) is 13.2. The highest BCUT2D eigenvalue weighted by atomic mass is 16.7. The van der Waals surface area contributed by atoms with Gasteiger partial charge in [0.05, 0.1) is 0 Å². The van der Waals surface area contributed by atoms with E-state index in [1.54, 1.807) is 0 Å². The lowest BCUT2D eigenvalue weighted by Gasteiger charge is -2.22. The van der Waals surface area contributed by atoms with E-state index in [9.17, 15) is 4.79 Å². The third-order valence-corrected chi connectivity index (χ3v) is 3.78. The number of fused-ring (bicyclic) bond motifs is 1. The maximum absolute atomic E-state index is 11.6. The summed E-state index contributed by atoms with van der Waals surface area (Å²) in [7, 11) is 0. The van der Waals surface area contributed by atoms with E-state index >= 15 is 0 Å². The number of nitrogens with one attached hydrogen (secondary N) is 1. The molecule has 1 saturated heterocycles. The maximum Gasteiger partial charge on any atom is 0.231 e. The van der Waals surface area contributed by atoms with Crippen LogP contribution in [0.25, 0.3) is 0 Å². The predicted molar refractivity (Wildman–Crippen MR) is 74.7 cm³/mol. The van der Waals surface area contributed by atoms with Gasteiger partial charge < -0.3 is 19.7 Å². The van der Waals surface area contributed by atoms with Crippen LogP contribution in [-0.2, 0) is 11.3 Å². The number of benzene rings is 1. The normalized spacial score (nSPS) is 18.6. The van der Waals surface area contributed by atoms with Gasteiger partial charge in [-0.05, 0) is 19.4 Å². The lowest BCUT2D eigenvalue weighted by atomic mass is 10.1. The molecule has 1 fully saturated rings. The molecule has 2 aliphatic heterocycles. The first-order chi connectivity index (χ1) is 9.74. The summed E-state index contributed by atoms with van der Waals surface area (Å²) in [6, 6.07) is 6.18. The van der Waals surface area contributed by atoms with Gasteiger partial charge in [0.25, 0.3) is 0 Å². The first-order valence-electron chi connectivity index (χ1n) is 7.12. The fourth-order valence-electron chi connectivity index (χ4n) is 2.71. The minimum Gasteiger partial charge on any atom is -0.454 e. The smallest absolute Gasteiger partial charge is 0.231 e. The van der Waals surface area contributed by atoms with Gasteiger partial charge in [0.15, 0.2) is 11.5 Å². The summed E-state index contributed by atoms with van der Waals surface area (Å²) in [5.74, 6) is 1.92. The average Bonchev–Trinajstić information content (AvgIpc) is 3.06. The van der Waals surface area contributed by atoms with Crippen molar-refractivity contribution in [3.8, 4) is 11.5 Å². The Morgan fingerprint density at radius 2 is 2.30 bits per heavy atom. The Hall–Kier alpha value is -1.75. The zero-order valence-electron chi connectivity index (χ0n) is 11.7. The van der Waals surface area contributed by atoms with E-state index < -0.39 is 0 Å². The molecule has 0 bridgehead atoms. The number of rotatable bonds is 5. The lowest BCUT2D eigenvalue weighted by molar-refractivity contribution is -0.127. The Bertz CT molecular complexity index is 504. The molecule has 20 heavy (non-hydrogen) atoms. The number of likely N-dealkylation sites (tertiary alicyclic amines) is 1. The first-order valence-corrected chi connectivity index (χ1v) is 7.12.